The summed E-state index contributed by atoms with van der Waals surface area (Å²) in [5.74, 6) is 0.0301. The molecule has 0 saturated heterocycles. The van der Waals surface area contributed by atoms with Crippen LogP contribution in [0.5, 0.6) is 0 Å². The van der Waals surface area contributed by atoms with Crippen molar-refractivity contribution < 1.29 is 15.3 Å². The van der Waals surface area contributed by atoms with Crippen molar-refractivity contribution >= 4 is 0 Å². The van der Waals surface area contributed by atoms with Crippen LogP contribution >= 0.6 is 0 Å². The van der Waals surface area contributed by atoms with Gasteiger partial charge in [-0.05, 0) is 17.8 Å². The summed E-state index contributed by atoms with van der Waals surface area (Å²) < 4.78 is 0. The first kappa shape index (κ1) is 9.44. The second kappa shape index (κ2) is 2.27. The van der Waals surface area contributed by atoms with Gasteiger partial charge in [0, 0.05) is 5.41 Å². The Bertz CT molecular complexity index is 238. The van der Waals surface area contributed by atoms with E-state index >= 15 is 0 Å². The Labute approximate surface area is 78.4 Å². The molecule has 0 aromatic rings. The van der Waals surface area contributed by atoms with Crippen LogP contribution in [-0.2, 0) is 0 Å². The van der Waals surface area contributed by atoms with Gasteiger partial charge in [0.05, 0.1) is 18.3 Å². The molecule has 0 amide bonds. The molecular formula is C10H18O3. The third-order valence-electron chi connectivity index (χ3n) is 4.36. The first-order valence-electron chi connectivity index (χ1n) is 4.86. The highest BCUT2D eigenvalue weighted by molar-refractivity contribution is 5.16. The van der Waals surface area contributed by atoms with Gasteiger partial charge >= 0.3 is 0 Å². The van der Waals surface area contributed by atoms with Gasteiger partial charge in [-0.25, -0.2) is 0 Å². The van der Waals surface area contributed by atoms with Crippen molar-refractivity contribution in [1.29, 1.82) is 0 Å². The molecule has 0 heterocycles. The van der Waals surface area contributed by atoms with E-state index in [1.54, 1.807) is 0 Å². The third kappa shape index (κ3) is 0.853. The van der Waals surface area contributed by atoms with Gasteiger partial charge in [-0.1, -0.05) is 20.8 Å². The standard InChI is InChI=1S/C10H18O3/c1-9(2)5-4-10(3,8(9)13)7(12)6(5)11/h5-8,11-13H,4H2,1-3H3/t5-,6+,7+,8-,10+/m0/s1. The second-order valence-corrected chi connectivity index (χ2v) is 5.48. The smallest absolute Gasteiger partial charge is 0.0880 e. The van der Waals surface area contributed by atoms with Crippen LogP contribution in [0.1, 0.15) is 27.2 Å². The van der Waals surface area contributed by atoms with Crippen LogP contribution < -0.4 is 0 Å². The minimum absolute atomic E-state index is 0.0301. The Morgan fingerprint density at radius 3 is 2.00 bits per heavy atom. The fourth-order valence-electron chi connectivity index (χ4n) is 3.35. The fourth-order valence-corrected chi connectivity index (χ4v) is 3.35. The topological polar surface area (TPSA) is 60.7 Å². The second-order valence-electron chi connectivity index (χ2n) is 5.48. The lowest BCUT2D eigenvalue weighted by Gasteiger charge is -2.44. The number of rotatable bonds is 0. The lowest BCUT2D eigenvalue weighted by Crippen LogP contribution is -2.54. The molecule has 2 bridgehead atoms. The summed E-state index contributed by atoms with van der Waals surface area (Å²) in [6.07, 6.45) is -1.21. The van der Waals surface area contributed by atoms with Crippen LogP contribution in [0, 0.1) is 16.7 Å². The molecule has 0 unspecified atom stereocenters. The molecule has 3 heteroatoms. The summed E-state index contributed by atoms with van der Waals surface area (Å²) in [6, 6.07) is 0. The lowest BCUT2D eigenvalue weighted by atomic mass is 9.68. The molecular weight excluding hydrogens is 168 g/mol. The van der Waals surface area contributed by atoms with E-state index in [0.29, 0.717) is 0 Å². The average Bonchev–Trinajstić information content (AvgIpc) is 2.38. The molecule has 0 spiro atoms. The highest BCUT2D eigenvalue weighted by Crippen LogP contribution is 2.62. The summed E-state index contributed by atoms with van der Waals surface area (Å²) in [5, 5.41) is 29.5. The average molecular weight is 186 g/mol. The van der Waals surface area contributed by atoms with Crippen LogP contribution in [0.2, 0.25) is 0 Å². The van der Waals surface area contributed by atoms with Gasteiger partial charge in [-0.2, -0.15) is 0 Å². The van der Waals surface area contributed by atoms with Crippen molar-refractivity contribution in [3.05, 3.63) is 0 Å². The van der Waals surface area contributed by atoms with Gasteiger partial charge in [-0.3, -0.25) is 0 Å². The Hall–Kier alpha value is -0.120. The van der Waals surface area contributed by atoms with E-state index in [2.05, 4.69) is 0 Å². The van der Waals surface area contributed by atoms with Crippen LogP contribution in [0.25, 0.3) is 0 Å². The van der Waals surface area contributed by atoms with Crippen LogP contribution in [0.4, 0.5) is 0 Å². The van der Waals surface area contributed by atoms with Crippen LogP contribution in [0.3, 0.4) is 0 Å². The van der Waals surface area contributed by atoms with Crippen molar-refractivity contribution in [2.45, 2.75) is 45.5 Å². The SMILES string of the molecule is CC1(C)[C@H]2C[C@](C)([C@H](O)[C@@H]2O)[C@H]1O. The van der Waals surface area contributed by atoms with E-state index < -0.39 is 23.7 Å². The Balaban J connectivity index is 2.41. The van der Waals surface area contributed by atoms with E-state index in [9.17, 15) is 15.3 Å². The minimum atomic E-state index is -0.763. The Morgan fingerprint density at radius 1 is 1.08 bits per heavy atom. The number of aliphatic hydroxyl groups excluding tert-OH is 3. The zero-order valence-corrected chi connectivity index (χ0v) is 8.36. The first-order chi connectivity index (χ1) is 5.82. The monoisotopic (exact) mass is 186 g/mol. The van der Waals surface area contributed by atoms with Crippen molar-refractivity contribution in [2.75, 3.05) is 0 Å². The molecule has 2 aliphatic rings. The number of fused-ring (bicyclic) bond motifs is 2. The summed E-state index contributed by atoms with van der Waals surface area (Å²) in [7, 11) is 0. The molecule has 0 aromatic carbocycles. The molecule has 3 nitrogen and oxygen atoms in total. The summed E-state index contributed by atoms with van der Waals surface area (Å²) in [6.45, 7) is 5.78. The minimum Gasteiger partial charge on any atom is -0.392 e. The summed E-state index contributed by atoms with van der Waals surface area (Å²) in [4.78, 5) is 0. The van der Waals surface area contributed by atoms with E-state index in [4.69, 9.17) is 0 Å². The zero-order valence-electron chi connectivity index (χ0n) is 8.36. The normalized spacial score (nSPS) is 58.6. The van der Waals surface area contributed by atoms with Gasteiger partial charge in [0.15, 0.2) is 0 Å². The van der Waals surface area contributed by atoms with Crippen molar-refractivity contribution in [2.24, 2.45) is 16.7 Å². The molecule has 0 radical (unpaired) electrons. The highest BCUT2D eigenvalue weighted by atomic mass is 16.3. The molecule has 2 aliphatic carbocycles. The van der Waals surface area contributed by atoms with Gasteiger partial charge < -0.3 is 15.3 Å². The molecule has 2 saturated carbocycles. The highest BCUT2D eigenvalue weighted by Gasteiger charge is 2.67. The maximum absolute atomic E-state index is 10.0. The van der Waals surface area contributed by atoms with E-state index in [1.165, 1.54) is 0 Å². The van der Waals surface area contributed by atoms with Crippen LogP contribution in [0.15, 0.2) is 0 Å². The largest absolute Gasteiger partial charge is 0.392 e. The molecule has 0 aromatic heterocycles. The van der Waals surface area contributed by atoms with Crippen molar-refractivity contribution in [1.82, 2.24) is 0 Å². The summed E-state index contributed by atoms with van der Waals surface area (Å²) >= 11 is 0. The molecule has 2 rings (SSSR count). The summed E-state index contributed by atoms with van der Waals surface area (Å²) in [5.41, 5.74) is -0.777. The zero-order chi connectivity index (χ0) is 10.0. The Morgan fingerprint density at radius 2 is 1.62 bits per heavy atom. The van der Waals surface area contributed by atoms with E-state index in [-0.39, 0.29) is 11.3 Å². The third-order valence-corrected chi connectivity index (χ3v) is 4.36. The predicted molar refractivity (Wildman–Crippen MR) is 48.0 cm³/mol. The van der Waals surface area contributed by atoms with Crippen LogP contribution in [-0.4, -0.2) is 33.6 Å². The number of aliphatic hydroxyl groups is 3. The molecule has 2 fully saturated rings. The first-order valence-corrected chi connectivity index (χ1v) is 4.86. The Kier molecular flexibility index (Phi) is 1.65. The maximum atomic E-state index is 10.0. The van der Waals surface area contributed by atoms with Gasteiger partial charge in [0.25, 0.3) is 0 Å². The van der Waals surface area contributed by atoms with Gasteiger partial charge in [0.1, 0.15) is 0 Å². The fraction of sp³-hybridized carbons (Fsp3) is 1.00. The number of hydrogen-bond acceptors (Lipinski definition) is 3. The molecule has 3 N–H and O–H groups in total. The molecule has 76 valence electrons. The van der Waals surface area contributed by atoms with Crippen molar-refractivity contribution in [3.8, 4) is 0 Å². The molecule has 5 atom stereocenters. The lowest BCUT2D eigenvalue weighted by molar-refractivity contribution is -0.149. The van der Waals surface area contributed by atoms with Crippen molar-refractivity contribution in [3.63, 3.8) is 0 Å². The van der Waals surface area contributed by atoms with E-state index in [0.717, 1.165) is 6.42 Å². The quantitative estimate of drug-likeness (QED) is 0.504. The predicted octanol–water partition coefficient (Wildman–Crippen LogP) is 0.135. The van der Waals surface area contributed by atoms with Gasteiger partial charge in [-0.15, -0.1) is 0 Å². The maximum Gasteiger partial charge on any atom is 0.0880 e. The van der Waals surface area contributed by atoms with Gasteiger partial charge in [0.2, 0.25) is 0 Å². The molecule has 13 heavy (non-hydrogen) atoms. The van der Waals surface area contributed by atoms with E-state index in [1.807, 2.05) is 20.8 Å². The number of hydrogen-bond donors (Lipinski definition) is 3. The molecule has 0 aliphatic heterocycles.